The number of terminal acetylenes is 1. The Hall–Kier alpha value is -2.41. The van der Waals surface area contributed by atoms with E-state index in [2.05, 4.69) is 18.6 Å². The van der Waals surface area contributed by atoms with Crippen LogP contribution >= 0.6 is 0 Å². The molecule has 0 spiro atoms. The summed E-state index contributed by atoms with van der Waals surface area (Å²) >= 11 is 0. The Morgan fingerprint density at radius 3 is 2.95 bits per heavy atom. The molecule has 0 fully saturated rings. The Morgan fingerprint density at radius 2 is 2.23 bits per heavy atom. The minimum absolute atomic E-state index is 0.0332. The number of ether oxygens (including phenoxy) is 2. The highest BCUT2D eigenvalue weighted by atomic mass is 16.7. The lowest BCUT2D eigenvalue weighted by Gasteiger charge is -2.27. The van der Waals surface area contributed by atoms with Gasteiger partial charge >= 0.3 is 6.09 Å². The summed E-state index contributed by atoms with van der Waals surface area (Å²) < 4.78 is 10.4. The molecule has 1 atom stereocenters. The third kappa shape index (κ3) is 3.62. The van der Waals surface area contributed by atoms with E-state index in [1.165, 1.54) is 5.56 Å². The van der Waals surface area contributed by atoms with E-state index in [4.69, 9.17) is 15.9 Å². The van der Waals surface area contributed by atoms with E-state index in [1.54, 1.807) is 4.90 Å². The van der Waals surface area contributed by atoms with Crippen LogP contribution in [0.15, 0.2) is 36.6 Å². The van der Waals surface area contributed by atoms with E-state index < -0.39 is 6.09 Å². The first-order chi connectivity index (χ1) is 10.7. The van der Waals surface area contributed by atoms with Crippen molar-refractivity contribution < 1.29 is 14.3 Å². The molecule has 4 nitrogen and oxygen atoms in total. The molecule has 0 radical (unpaired) electrons. The highest BCUT2D eigenvalue weighted by molar-refractivity contribution is 5.69. The van der Waals surface area contributed by atoms with E-state index in [9.17, 15) is 4.79 Å². The first-order valence-corrected chi connectivity index (χ1v) is 7.42. The van der Waals surface area contributed by atoms with Crippen LogP contribution in [-0.4, -0.2) is 24.3 Å². The van der Waals surface area contributed by atoms with Gasteiger partial charge in [0.1, 0.15) is 0 Å². The first kappa shape index (κ1) is 16.0. The molecule has 0 saturated heterocycles. The maximum atomic E-state index is 12.3. The van der Waals surface area contributed by atoms with Crippen LogP contribution in [0.2, 0.25) is 0 Å². The molecule has 1 amide bonds. The fourth-order valence-corrected chi connectivity index (χ4v) is 2.61. The van der Waals surface area contributed by atoms with Crippen molar-refractivity contribution in [2.45, 2.75) is 32.2 Å². The fourth-order valence-electron chi connectivity index (χ4n) is 2.61. The number of aryl methyl sites for hydroxylation is 1. The second kappa shape index (κ2) is 7.56. The number of rotatable bonds is 6. The summed E-state index contributed by atoms with van der Waals surface area (Å²) in [5, 5.41) is 0. The van der Waals surface area contributed by atoms with Crippen molar-refractivity contribution in [3.63, 3.8) is 0 Å². The summed E-state index contributed by atoms with van der Waals surface area (Å²) in [6.07, 6.45) is 7.44. The molecule has 4 heteroatoms. The SMILES string of the molecule is C#CCN(C(=O)OCOC(=C)CC)[C@@H]1CCc2ccccc21. The predicted octanol–water partition coefficient (Wildman–Crippen LogP) is 3.64. The minimum Gasteiger partial charge on any atom is -0.462 e. The van der Waals surface area contributed by atoms with E-state index in [0.717, 1.165) is 18.4 Å². The van der Waals surface area contributed by atoms with Crippen LogP contribution in [0.25, 0.3) is 0 Å². The van der Waals surface area contributed by atoms with Gasteiger partial charge in [-0.1, -0.05) is 43.7 Å². The highest BCUT2D eigenvalue weighted by Gasteiger charge is 2.31. The molecule has 1 aliphatic rings. The zero-order valence-corrected chi connectivity index (χ0v) is 12.9. The van der Waals surface area contributed by atoms with Gasteiger partial charge < -0.3 is 9.47 Å². The minimum atomic E-state index is -0.455. The monoisotopic (exact) mass is 299 g/mol. The number of fused-ring (bicyclic) bond motifs is 1. The number of amides is 1. The number of allylic oxidation sites excluding steroid dienone is 1. The van der Waals surface area contributed by atoms with Crippen LogP contribution in [0.3, 0.4) is 0 Å². The molecular formula is C18H21NO3. The van der Waals surface area contributed by atoms with Crippen LogP contribution in [0.1, 0.15) is 36.9 Å². The Bertz CT molecular complexity index is 588. The largest absolute Gasteiger partial charge is 0.462 e. The topological polar surface area (TPSA) is 38.8 Å². The van der Waals surface area contributed by atoms with E-state index in [-0.39, 0.29) is 19.4 Å². The molecule has 1 aliphatic carbocycles. The van der Waals surface area contributed by atoms with Crippen LogP contribution in [0.5, 0.6) is 0 Å². The summed E-state index contributed by atoms with van der Waals surface area (Å²) in [6.45, 7) is 5.70. The van der Waals surface area contributed by atoms with Crippen molar-refractivity contribution in [2.75, 3.05) is 13.3 Å². The molecule has 2 rings (SSSR count). The molecule has 0 N–H and O–H groups in total. The molecule has 0 heterocycles. The van der Waals surface area contributed by atoms with Crippen molar-refractivity contribution in [2.24, 2.45) is 0 Å². The number of nitrogens with zero attached hydrogens (tertiary/aromatic N) is 1. The average molecular weight is 299 g/mol. The maximum absolute atomic E-state index is 12.3. The van der Waals surface area contributed by atoms with Gasteiger partial charge in [0.2, 0.25) is 6.79 Å². The molecule has 116 valence electrons. The Balaban J connectivity index is 2.03. The van der Waals surface area contributed by atoms with Crippen LogP contribution < -0.4 is 0 Å². The van der Waals surface area contributed by atoms with Crippen molar-refractivity contribution in [3.05, 3.63) is 47.7 Å². The predicted molar refractivity (Wildman–Crippen MR) is 84.9 cm³/mol. The lowest BCUT2D eigenvalue weighted by Crippen LogP contribution is -2.35. The first-order valence-electron chi connectivity index (χ1n) is 7.42. The standard InChI is InChI=1S/C18H21NO3/c1-4-12-19(18(20)22-13-21-14(3)5-2)17-11-10-15-8-6-7-9-16(15)17/h1,6-9,17H,3,5,10-13H2,2H3/t17-/m1/s1. The highest BCUT2D eigenvalue weighted by Crippen LogP contribution is 2.35. The van der Waals surface area contributed by atoms with Gasteiger partial charge in [0.15, 0.2) is 0 Å². The van der Waals surface area contributed by atoms with E-state index >= 15 is 0 Å². The molecule has 0 bridgehead atoms. The number of carbonyl (C=O) groups is 1. The van der Waals surface area contributed by atoms with Gasteiger partial charge in [0.25, 0.3) is 0 Å². The van der Waals surface area contributed by atoms with Crippen LogP contribution in [-0.2, 0) is 15.9 Å². The molecule has 1 aromatic carbocycles. The van der Waals surface area contributed by atoms with Gasteiger partial charge in [-0.3, -0.25) is 4.90 Å². The van der Waals surface area contributed by atoms with Crippen LogP contribution in [0, 0.1) is 12.3 Å². The normalized spacial score (nSPS) is 15.5. The molecule has 22 heavy (non-hydrogen) atoms. The summed E-state index contributed by atoms with van der Waals surface area (Å²) in [7, 11) is 0. The van der Waals surface area contributed by atoms with Gasteiger partial charge in [-0.05, 0) is 24.0 Å². The third-order valence-corrected chi connectivity index (χ3v) is 3.81. The van der Waals surface area contributed by atoms with E-state index in [1.807, 2.05) is 25.1 Å². The molecular weight excluding hydrogens is 278 g/mol. The summed E-state index contributed by atoms with van der Waals surface area (Å²) in [5.41, 5.74) is 2.41. The van der Waals surface area contributed by atoms with Crippen molar-refractivity contribution in [3.8, 4) is 12.3 Å². The zero-order chi connectivity index (χ0) is 15.9. The number of carbonyl (C=O) groups excluding carboxylic acids is 1. The number of hydrogen-bond acceptors (Lipinski definition) is 3. The molecule has 0 aliphatic heterocycles. The number of benzene rings is 1. The Morgan fingerprint density at radius 1 is 1.45 bits per heavy atom. The van der Waals surface area contributed by atoms with Crippen LogP contribution in [0.4, 0.5) is 4.79 Å². The average Bonchev–Trinajstić information content (AvgIpc) is 2.96. The van der Waals surface area contributed by atoms with Gasteiger partial charge in [-0.25, -0.2) is 4.79 Å². The van der Waals surface area contributed by atoms with Crippen molar-refractivity contribution in [1.29, 1.82) is 0 Å². The second-order valence-electron chi connectivity index (χ2n) is 5.15. The fraction of sp³-hybridized carbons (Fsp3) is 0.389. The van der Waals surface area contributed by atoms with Crippen molar-refractivity contribution in [1.82, 2.24) is 4.90 Å². The zero-order valence-electron chi connectivity index (χ0n) is 12.9. The molecule has 1 aromatic rings. The van der Waals surface area contributed by atoms with Gasteiger partial charge in [0, 0.05) is 6.42 Å². The van der Waals surface area contributed by atoms with Gasteiger partial charge in [-0.15, -0.1) is 6.42 Å². The molecule has 0 unspecified atom stereocenters. The van der Waals surface area contributed by atoms with Gasteiger partial charge in [-0.2, -0.15) is 0 Å². The summed E-state index contributed by atoms with van der Waals surface area (Å²) in [5.74, 6) is 3.12. The molecule has 0 aromatic heterocycles. The van der Waals surface area contributed by atoms with E-state index in [0.29, 0.717) is 12.2 Å². The quantitative estimate of drug-likeness (QED) is 0.457. The Labute approximate surface area is 131 Å². The smallest absolute Gasteiger partial charge is 0.413 e. The molecule has 0 saturated carbocycles. The third-order valence-electron chi connectivity index (χ3n) is 3.81. The summed E-state index contributed by atoms with van der Waals surface area (Å²) in [4.78, 5) is 13.9. The lowest BCUT2D eigenvalue weighted by atomic mass is 10.1. The lowest BCUT2D eigenvalue weighted by molar-refractivity contribution is -0.00301. The number of hydrogen-bond donors (Lipinski definition) is 0. The van der Waals surface area contributed by atoms with Crippen molar-refractivity contribution >= 4 is 6.09 Å². The van der Waals surface area contributed by atoms with Gasteiger partial charge in [0.05, 0.1) is 18.3 Å². The second-order valence-corrected chi connectivity index (χ2v) is 5.15. The Kier molecular flexibility index (Phi) is 5.48. The summed E-state index contributed by atoms with van der Waals surface area (Å²) in [6, 6.07) is 8.08. The maximum Gasteiger partial charge on any atom is 0.413 e.